The van der Waals surface area contributed by atoms with E-state index >= 15 is 0 Å². The SMILES string of the molecule is CC(C)(C)[C@]1(C(N)=O)CC[C@@H](c2ccc(OCc3ccccc3)cc2)N1C(=O)O. The smallest absolute Gasteiger partial charge is 0.408 e. The molecule has 154 valence electrons. The van der Waals surface area contributed by atoms with E-state index in [1.165, 1.54) is 4.90 Å². The third-order valence-corrected chi connectivity index (χ3v) is 5.87. The van der Waals surface area contributed by atoms with Crippen molar-refractivity contribution in [2.24, 2.45) is 11.1 Å². The average Bonchev–Trinajstić information content (AvgIpc) is 3.10. The summed E-state index contributed by atoms with van der Waals surface area (Å²) in [4.78, 5) is 25.9. The maximum Gasteiger partial charge on any atom is 0.408 e. The molecule has 1 saturated heterocycles. The van der Waals surface area contributed by atoms with E-state index in [4.69, 9.17) is 10.5 Å². The zero-order chi connectivity index (χ0) is 21.2. The molecule has 1 heterocycles. The molecule has 0 radical (unpaired) electrons. The molecule has 1 aliphatic heterocycles. The summed E-state index contributed by atoms with van der Waals surface area (Å²) in [5, 5.41) is 9.95. The highest BCUT2D eigenvalue weighted by atomic mass is 16.5. The van der Waals surface area contributed by atoms with Crippen LogP contribution in [0.25, 0.3) is 0 Å². The van der Waals surface area contributed by atoms with E-state index in [2.05, 4.69) is 0 Å². The van der Waals surface area contributed by atoms with Crippen LogP contribution in [-0.2, 0) is 11.4 Å². The second-order valence-electron chi connectivity index (χ2n) is 8.52. The van der Waals surface area contributed by atoms with Gasteiger partial charge in [0, 0.05) is 0 Å². The van der Waals surface area contributed by atoms with Crippen LogP contribution < -0.4 is 10.5 Å². The molecule has 2 atom stereocenters. The van der Waals surface area contributed by atoms with Crippen LogP contribution in [0, 0.1) is 5.41 Å². The summed E-state index contributed by atoms with van der Waals surface area (Å²) in [5.41, 5.74) is 5.77. The van der Waals surface area contributed by atoms with Gasteiger partial charge in [0.15, 0.2) is 0 Å². The Kier molecular flexibility index (Phi) is 5.55. The van der Waals surface area contributed by atoms with Crippen LogP contribution in [-0.4, -0.2) is 27.5 Å². The first-order valence-electron chi connectivity index (χ1n) is 9.75. The number of amides is 2. The minimum Gasteiger partial charge on any atom is -0.489 e. The van der Waals surface area contributed by atoms with Crippen LogP contribution in [0.4, 0.5) is 4.79 Å². The lowest BCUT2D eigenvalue weighted by atomic mass is 9.71. The third kappa shape index (κ3) is 3.79. The van der Waals surface area contributed by atoms with E-state index in [1.807, 2.05) is 75.4 Å². The molecule has 0 aliphatic carbocycles. The van der Waals surface area contributed by atoms with E-state index in [0.717, 1.165) is 11.1 Å². The summed E-state index contributed by atoms with van der Waals surface area (Å²) < 4.78 is 5.81. The maximum atomic E-state index is 12.4. The molecule has 0 spiro atoms. The number of carbonyl (C=O) groups excluding carboxylic acids is 1. The van der Waals surface area contributed by atoms with E-state index in [1.54, 1.807) is 0 Å². The van der Waals surface area contributed by atoms with Gasteiger partial charge in [0.2, 0.25) is 5.91 Å². The summed E-state index contributed by atoms with van der Waals surface area (Å²) in [6, 6.07) is 16.8. The summed E-state index contributed by atoms with van der Waals surface area (Å²) in [6.45, 7) is 6.03. The highest BCUT2D eigenvalue weighted by Gasteiger charge is 2.59. The quantitative estimate of drug-likeness (QED) is 0.786. The highest BCUT2D eigenvalue weighted by molar-refractivity contribution is 5.90. The molecular weight excluding hydrogens is 368 g/mol. The lowest BCUT2D eigenvalue weighted by Crippen LogP contribution is -2.63. The Hall–Kier alpha value is -3.02. The summed E-state index contributed by atoms with van der Waals surface area (Å²) in [5.74, 6) is 0.104. The van der Waals surface area contributed by atoms with Gasteiger partial charge < -0.3 is 15.6 Å². The number of rotatable bonds is 5. The van der Waals surface area contributed by atoms with E-state index in [-0.39, 0.29) is 0 Å². The van der Waals surface area contributed by atoms with Crippen molar-refractivity contribution in [3.8, 4) is 5.75 Å². The molecule has 1 aliphatic rings. The first kappa shape index (κ1) is 20.7. The van der Waals surface area contributed by atoms with Crippen LogP contribution in [0.5, 0.6) is 5.75 Å². The Morgan fingerprint density at radius 2 is 1.76 bits per heavy atom. The van der Waals surface area contributed by atoms with Crippen LogP contribution in [0.3, 0.4) is 0 Å². The van der Waals surface area contributed by atoms with Crippen molar-refractivity contribution in [2.75, 3.05) is 0 Å². The fourth-order valence-electron chi connectivity index (χ4n) is 4.35. The largest absolute Gasteiger partial charge is 0.489 e. The van der Waals surface area contributed by atoms with E-state index in [9.17, 15) is 14.7 Å². The van der Waals surface area contributed by atoms with Crippen molar-refractivity contribution in [1.29, 1.82) is 0 Å². The normalized spacial score (nSPS) is 21.8. The molecule has 0 bridgehead atoms. The predicted molar refractivity (Wildman–Crippen MR) is 110 cm³/mol. The maximum absolute atomic E-state index is 12.4. The fraction of sp³-hybridized carbons (Fsp3) is 0.391. The topological polar surface area (TPSA) is 92.9 Å². The number of hydrogen-bond acceptors (Lipinski definition) is 3. The number of likely N-dealkylation sites (tertiary alicyclic amines) is 1. The Labute approximate surface area is 171 Å². The van der Waals surface area contributed by atoms with Gasteiger partial charge in [-0.2, -0.15) is 0 Å². The zero-order valence-corrected chi connectivity index (χ0v) is 17.1. The molecule has 29 heavy (non-hydrogen) atoms. The monoisotopic (exact) mass is 396 g/mol. The van der Waals surface area contributed by atoms with Crippen molar-refractivity contribution < 1.29 is 19.4 Å². The van der Waals surface area contributed by atoms with Gasteiger partial charge >= 0.3 is 6.09 Å². The number of carbonyl (C=O) groups is 2. The number of hydrogen-bond donors (Lipinski definition) is 2. The van der Waals surface area contributed by atoms with Crippen molar-refractivity contribution in [2.45, 2.75) is 51.8 Å². The van der Waals surface area contributed by atoms with Gasteiger partial charge in [-0.1, -0.05) is 63.2 Å². The van der Waals surface area contributed by atoms with Gasteiger partial charge in [-0.25, -0.2) is 4.79 Å². The minimum atomic E-state index is -1.24. The summed E-state index contributed by atoms with van der Waals surface area (Å²) >= 11 is 0. The van der Waals surface area contributed by atoms with Crippen LogP contribution in [0.1, 0.15) is 50.8 Å². The van der Waals surface area contributed by atoms with Crippen LogP contribution >= 0.6 is 0 Å². The van der Waals surface area contributed by atoms with Gasteiger partial charge in [-0.3, -0.25) is 9.69 Å². The summed E-state index contributed by atoms with van der Waals surface area (Å²) in [6.07, 6.45) is -0.197. The lowest BCUT2D eigenvalue weighted by molar-refractivity contribution is -0.135. The predicted octanol–water partition coefficient (Wildman–Crippen LogP) is 4.35. The van der Waals surface area contributed by atoms with Crippen LogP contribution in [0.15, 0.2) is 54.6 Å². The van der Waals surface area contributed by atoms with Crippen molar-refractivity contribution in [3.63, 3.8) is 0 Å². The Bertz CT molecular complexity index is 874. The molecule has 0 aromatic heterocycles. The Morgan fingerprint density at radius 1 is 1.14 bits per heavy atom. The molecule has 2 amide bonds. The zero-order valence-electron chi connectivity index (χ0n) is 17.1. The number of benzene rings is 2. The molecular formula is C23H28N2O4. The molecule has 2 aromatic carbocycles. The number of carboxylic acid groups (broad SMARTS) is 1. The van der Waals surface area contributed by atoms with Crippen molar-refractivity contribution in [1.82, 2.24) is 4.90 Å². The first-order chi connectivity index (χ1) is 13.7. The van der Waals surface area contributed by atoms with E-state index < -0.39 is 29.0 Å². The molecule has 6 heteroatoms. The molecule has 6 nitrogen and oxygen atoms in total. The number of nitrogens with two attached hydrogens (primary N) is 1. The molecule has 0 saturated carbocycles. The molecule has 1 fully saturated rings. The van der Waals surface area contributed by atoms with Gasteiger partial charge in [0.25, 0.3) is 0 Å². The lowest BCUT2D eigenvalue weighted by Gasteiger charge is -2.45. The standard InChI is InChI=1S/C23H28N2O4/c1-22(2,3)23(20(24)26)14-13-19(25(23)21(27)28)17-9-11-18(12-10-17)29-15-16-7-5-4-6-8-16/h4-12,19H,13-15H2,1-3H3,(H2,24,26)(H,27,28)/t19-,23+/m0/s1. The molecule has 0 unspecified atom stereocenters. The second-order valence-corrected chi connectivity index (χ2v) is 8.52. The fourth-order valence-corrected chi connectivity index (χ4v) is 4.35. The summed E-state index contributed by atoms with van der Waals surface area (Å²) in [7, 11) is 0. The highest BCUT2D eigenvalue weighted by Crippen LogP contribution is 2.51. The van der Waals surface area contributed by atoms with Crippen molar-refractivity contribution in [3.05, 3.63) is 65.7 Å². The Morgan fingerprint density at radius 3 is 2.28 bits per heavy atom. The molecule has 3 N–H and O–H groups in total. The molecule has 2 aromatic rings. The van der Waals surface area contributed by atoms with Gasteiger partial charge in [-0.15, -0.1) is 0 Å². The second kappa shape index (κ2) is 7.78. The third-order valence-electron chi connectivity index (χ3n) is 5.87. The van der Waals surface area contributed by atoms with Gasteiger partial charge in [0.1, 0.15) is 17.9 Å². The first-order valence-corrected chi connectivity index (χ1v) is 9.75. The number of nitrogens with zero attached hydrogens (tertiary/aromatic N) is 1. The van der Waals surface area contributed by atoms with Gasteiger partial charge in [0.05, 0.1) is 6.04 Å². The molecule has 3 rings (SSSR count). The van der Waals surface area contributed by atoms with E-state index in [0.29, 0.717) is 25.2 Å². The van der Waals surface area contributed by atoms with Crippen LogP contribution in [0.2, 0.25) is 0 Å². The van der Waals surface area contributed by atoms with Crippen molar-refractivity contribution >= 4 is 12.0 Å². The number of primary amides is 1. The number of ether oxygens (including phenoxy) is 1. The Balaban J connectivity index is 1.82. The average molecular weight is 396 g/mol. The minimum absolute atomic E-state index is 0.398. The van der Waals surface area contributed by atoms with Gasteiger partial charge in [-0.05, 0) is 41.5 Å².